The second-order valence-electron chi connectivity index (χ2n) is 7.17. The third kappa shape index (κ3) is 4.84. The van der Waals surface area contributed by atoms with Crippen molar-refractivity contribution in [2.45, 2.75) is 43.5 Å². The van der Waals surface area contributed by atoms with Crippen molar-refractivity contribution in [3.8, 4) is 17.0 Å². The van der Waals surface area contributed by atoms with Crippen molar-refractivity contribution in [2.75, 3.05) is 13.7 Å². The number of fused-ring (bicyclic) bond motifs is 1. The molecule has 2 N–H and O–H groups in total. The molecule has 13 heteroatoms. The second kappa shape index (κ2) is 8.73. The van der Waals surface area contributed by atoms with Crippen LogP contribution in [0.1, 0.15) is 24.5 Å². The highest BCUT2D eigenvalue weighted by atomic mass is 32.2. The molecule has 168 valence electrons. The number of aromatic nitrogens is 3. The Morgan fingerprint density at radius 2 is 2.10 bits per heavy atom. The normalized spacial score (nSPS) is 13.5. The van der Waals surface area contributed by atoms with E-state index in [9.17, 15) is 18.1 Å². The maximum absolute atomic E-state index is 12.5. The Hall–Kier alpha value is -2.22. The Kier molecular flexibility index (Phi) is 6.60. The molecule has 0 bridgehead atoms. The van der Waals surface area contributed by atoms with Crippen LogP contribution < -0.4 is 9.46 Å². The fourth-order valence-corrected chi connectivity index (χ4v) is 4.50. The number of aryl methyl sites for hydroxylation is 1. The van der Waals surface area contributed by atoms with Crippen molar-refractivity contribution in [1.82, 2.24) is 19.3 Å². The number of hydrogen-bond acceptors (Lipinski definition) is 9. The van der Waals surface area contributed by atoms with Gasteiger partial charge in [0.05, 0.1) is 23.4 Å². The number of imidazole rings is 1. The summed E-state index contributed by atoms with van der Waals surface area (Å²) < 4.78 is 47.0. The topological polar surface area (TPSA) is 101 Å². The van der Waals surface area contributed by atoms with Gasteiger partial charge in [-0.05, 0) is 50.9 Å². The number of methoxy groups -OCH3 is 1. The largest absolute Gasteiger partial charge is 0.496 e. The molecule has 0 aliphatic heterocycles. The number of nitrogens with zero attached hydrogens (tertiary/aromatic N) is 4. The summed E-state index contributed by atoms with van der Waals surface area (Å²) in [5.74, 6) is 0.450. The van der Waals surface area contributed by atoms with E-state index in [-0.39, 0.29) is 0 Å². The Balaban J connectivity index is 1.94. The first-order chi connectivity index (χ1) is 14.5. The van der Waals surface area contributed by atoms with E-state index in [1.165, 1.54) is 18.4 Å². The highest BCUT2D eigenvalue weighted by Crippen LogP contribution is 2.36. The van der Waals surface area contributed by atoms with E-state index in [4.69, 9.17) is 9.84 Å². The smallest absolute Gasteiger partial charge is 0.415 e. The third-order valence-corrected chi connectivity index (χ3v) is 6.47. The van der Waals surface area contributed by atoms with E-state index in [2.05, 4.69) is 20.0 Å². The van der Waals surface area contributed by atoms with Gasteiger partial charge in [-0.25, -0.2) is 9.50 Å². The number of ether oxygens (including phenoxy) is 1. The Morgan fingerprint density at radius 3 is 2.71 bits per heavy atom. The number of alkyl halides is 3. The summed E-state index contributed by atoms with van der Waals surface area (Å²) in [6.07, 6.45) is -7.18. The summed E-state index contributed by atoms with van der Waals surface area (Å²) in [4.78, 5) is 16.8. The molecule has 2 heterocycles. The van der Waals surface area contributed by atoms with Gasteiger partial charge in [0.25, 0.3) is 0 Å². The minimum atomic E-state index is -4.70. The Bertz CT molecular complexity index is 1100. The number of nitrogens with one attached hydrogen (secondary N) is 1. The average Bonchev–Trinajstić information content (AvgIpc) is 3.24. The van der Waals surface area contributed by atoms with Crippen molar-refractivity contribution in [3.63, 3.8) is 0 Å². The fourth-order valence-electron chi connectivity index (χ4n) is 2.68. The zero-order valence-corrected chi connectivity index (χ0v) is 18.7. The summed E-state index contributed by atoms with van der Waals surface area (Å²) >= 11 is 2.17. The first-order valence-electron chi connectivity index (χ1n) is 9.02. The molecular weight excluding hydrogens is 455 g/mol. The molecule has 0 amide bonds. The zero-order valence-electron chi connectivity index (χ0n) is 17.0. The summed E-state index contributed by atoms with van der Waals surface area (Å²) in [5, 5.41) is 17.3. The van der Waals surface area contributed by atoms with Gasteiger partial charge in [0, 0.05) is 12.1 Å². The van der Waals surface area contributed by atoms with Gasteiger partial charge >= 0.3 is 6.18 Å². The number of nitroso groups, excluding NO2 is 1. The SMILES string of the molecule is COc1ccc(-c2c(C)nc3sc(C(C)(C)N=O)nn23)cc1SNCC(O)C(F)(F)F. The lowest BCUT2D eigenvalue weighted by Crippen LogP contribution is -2.36. The van der Waals surface area contributed by atoms with Crippen molar-refractivity contribution in [2.24, 2.45) is 5.18 Å². The molecule has 3 aromatic rings. The van der Waals surface area contributed by atoms with Gasteiger partial charge in [0.1, 0.15) is 10.8 Å². The zero-order chi connectivity index (χ0) is 23.0. The summed E-state index contributed by atoms with van der Waals surface area (Å²) in [7, 11) is 1.45. The molecule has 0 aliphatic carbocycles. The van der Waals surface area contributed by atoms with Crippen LogP contribution in [0.2, 0.25) is 0 Å². The highest BCUT2D eigenvalue weighted by Gasteiger charge is 2.37. The third-order valence-electron chi connectivity index (χ3n) is 4.40. The monoisotopic (exact) mass is 475 g/mol. The standard InChI is InChI=1S/C18H20F3N5O3S2/c1-9-14(26-16(23-9)30-15(24-26)17(2,3)25-28)10-5-6-11(29-4)12(7-10)31-22-8-13(27)18(19,20)21/h5-7,13,22,27H,8H2,1-4H3. The van der Waals surface area contributed by atoms with Gasteiger partial charge in [0.2, 0.25) is 4.96 Å². The molecule has 1 unspecified atom stereocenters. The van der Waals surface area contributed by atoms with Crippen LogP contribution in [-0.4, -0.2) is 45.6 Å². The number of aliphatic hydroxyl groups excluding tert-OH is 1. The summed E-state index contributed by atoms with van der Waals surface area (Å²) in [5.41, 5.74) is 1.09. The van der Waals surface area contributed by atoms with Crippen molar-refractivity contribution in [1.29, 1.82) is 0 Å². The molecule has 0 spiro atoms. The van der Waals surface area contributed by atoms with E-state index >= 15 is 0 Å². The lowest BCUT2D eigenvalue weighted by molar-refractivity contribution is -0.200. The number of hydrogen-bond donors (Lipinski definition) is 2. The van der Waals surface area contributed by atoms with E-state index < -0.39 is 24.4 Å². The molecule has 0 aliphatic rings. The molecule has 1 aromatic carbocycles. The molecule has 3 rings (SSSR count). The fraction of sp³-hybridized carbons (Fsp3) is 0.444. The van der Waals surface area contributed by atoms with Gasteiger partial charge in [-0.1, -0.05) is 16.5 Å². The van der Waals surface area contributed by atoms with Crippen LogP contribution in [0.4, 0.5) is 13.2 Å². The maximum atomic E-state index is 12.5. The lowest BCUT2D eigenvalue weighted by atomic mass is 10.1. The van der Waals surface area contributed by atoms with Gasteiger partial charge in [-0.3, -0.25) is 4.72 Å². The van der Waals surface area contributed by atoms with Crippen LogP contribution in [0.5, 0.6) is 5.75 Å². The minimum absolute atomic E-state index is 0.450. The Labute approximate surface area is 183 Å². The molecule has 31 heavy (non-hydrogen) atoms. The number of halogens is 3. The molecule has 0 saturated carbocycles. The summed E-state index contributed by atoms with van der Waals surface area (Å²) in [6, 6.07) is 5.20. The van der Waals surface area contributed by atoms with Crippen LogP contribution in [0.3, 0.4) is 0 Å². The van der Waals surface area contributed by atoms with Crippen LogP contribution in [0, 0.1) is 11.8 Å². The first-order valence-corrected chi connectivity index (χ1v) is 10.6. The van der Waals surface area contributed by atoms with Gasteiger partial charge in [-0.15, -0.1) is 4.91 Å². The van der Waals surface area contributed by atoms with E-state index in [1.54, 1.807) is 36.6 Å². The molecule has 0 radical (unpaired) electrons. The minimum Gasteiger partial charge on any atom is -0.496 e. The van der Waals surface area contributed by atoms with Crippen LogP contribution in [-0.2, 0) is 5.54 Å². The molecule has 0 fully saturated rings. The molecule has 2 aromatic heterocycles. The van der Waals surface area contributed by atoms with Crippen LogP contribution >= 0.6 is 23.3 Å². The highest BCUT2D eigenvalue weighted by molar-refractivity contribution is 7.97. The van der Waals surface area contributed by atoms with E-state index in [0.29, 0.717) is 37.6 Å². The Morgan fingerprint density at radius 1 is 1.39 bits per heavy atom. The number of benzene rings is 1. The van der Waals surface area contributed by atoms with Gasteiger partial charge in [-0.2, -0.15) is 18.3 Å². The van der Waals surface area contributed by atoms with Gasteiger partial charge in [0.15, 0.2) is 11.6 Å². The maximum Gasteiger partial charge on any atom is 0.415 e. The van der Waals surface area contributed by atoms with E-state index in [1.807, 2.05) is 6.92 Å². The predicted octanol–water partition coefficient (Wildman–Crippen LogP) is 4.30. The number of rotatable bonds is 8. The van der Waals surface area contributed by atoms with Crippen molar-refractivity contribution < 1.29 is 23.0 Å². The first kappa shape index (κ1) is 23.4. The molecular formula is C18H20F3N5O3S2. The second-order valence-corrected chi connectivity index (χ2v) is 9.06. The van der Waals surface area contributed by atoms with Crippen molar-refractivity contribution >= 4 is 28.2 Å². The number of aliphatic hydroxyl groups is 1. The molecule has 1 atom stereocenters. The molecule has 8 nitrogen and oxygen atoms in total. The van der Waals surface area contributed by atoms with E-state index in [0.717, 1.165) is 11.9 Å². The lowest BCUT2D eigenvalue weighted by Gasteiger charge is -2.15. The quantitative estimate of drug-likeness (QED) is 0.370. The van der Waals surface area contributed by atoms with Crippen LogP contribution in [0.25, 0.3) is 16.2 Å². The molecule has 0 saturated heterocycles. The van der Waals surface area contributed by atoms with Crippen molar-refractivity contribution in [3.05, 3.63) is 33.8 Å². The average molecular weight is 476 g/mol. The van der Waals surface area contributed by atoms with Gasteiger partial charge < -0.3 is 9.84 Å². The van der Waals surface area contributed by atoms with Crippen LogP contribution in [0.15, 0.2) is 28.3 Å². The predicted molar refractivity (Wildman–Crippen MR) is 112 cm³/mol. The summed E-state index contributed by atoms with van der Waals surface area (Å²) in [6.45, 7) is 4.46.